The highest BCUT2D eigenvalue weighted by Crippen LogP contribution is 2.23. The second kappa shape index (κ2) is 5.87. The summed E-state index contributed by atoms with van der Waals surface area (Å²) in [6.07, 6.45) is 10.5. The van der Waals surface area contributed by atoms with E-state index in [0.717, 1.165) is 16.5 Å². The Balaban J connectivity index is 2.37. The van der Waals surface area contributed by atoms with Crippen molar-refractivity contribution in [3.8, 4) is 0 Å². The van der Waals surface area contributed by atoms with E-state index in [1.807, 2.05) is 36.4 Å². The average molecular weight is 252 g/mol. The van der Waals surface area contributed by atoms with Crippen molar-refractivity contribution < 1.29 is 5.11 Å². The van der Waals surface area contributed by atoms with Crippen LogP contribution in [0, 0.1) is 0 Å². The average Bonchev–Trinajstić information content (AvgIpc) is 2.45. The van der Waals surface area contributed by atoms with Crippen LogP contribution in [-0.4, -0.2) is 10.1 Å². The third-order valence-electron chi connectivity index (χ3n) is 2.78. The van der Waals surface area contributed by atoms with Crippen LogP contribution in [0.1, 0.15) is 12.5 Å². The molecule has 0 atom stereocenters. The number of allylic oxidation sites excluding steroid dienone is 4. The molecule has 2 aromatic rings. The van der Waals surface area contributed by atoms with Crippen molar-refractivity contribution in [3.05, 3.63) is 66.1 Å². The Morgan fingerprint density at radius 2 is 2.11 bits per heavy atom. The summed E-state index contributed by atoms with van der Waals surface area (Å²) >= 11 is 0. The summed E-state index contributed by atoms with van der Waals surface area (Å²) < 4.78 is 0. The molecule has 0 spiro atoms. The molecule has 0 fully saturated rings. The van der Waals surface area contributed by atoms with E-state index in [1.54, 1.807) is 31.3 Å². The highest BCUT2D eigenvalue weighted by molar-refractivity contribution is 5.92. The zero-order valence-electron chi connectivity index (χ0n) is 10.7. The van der Waals surface area contributed by atoms with Crippen molar-refractivity contribution in [1.29, 1.82) is 0 Å². The molecule has 0 unspecified atom stereocenters. The van der Waals surface area contributed by atoms with Gasteiger partial charge in [0.25, 0.3) is 0 Å². The molecule has 0 aliphatic heterocycles. The number of pyridine rings is 1. The smallest absolute Gasteiger partial charge is 0.111 e. The number of nitrogens with zero attached hydrogens (tertiary/aromatic N) is 1. The standard InChI is InChI=1S/C16H16N2O/c1-2-13(19)7-3-4-8-14-15(17)10-9-12-6-5-11-18-16(12)14/h2-11,19H,17H2,1H3/b7-3-,8-4+,13-2-. The molecule has 0 bridgehead atoms. The summed E-state index contributed by atoms with van der Waals surface area (Å²) in [6.45, 7) is 1.77. The number of hydrogen-bond acceptors (Lipinski definition) is 3. The molecular formula is C16H16N2O. The maximum Gasteiger partial charge on any atom is 0.111 e. The van der Waals surface area contributed by atoms with Crippen LogP contribution >= 0.6 is 0 Å². The molecule has 3 heteroatoms. The Morgan fingerprint density at radius 1 is 1.26 bits per heavy atom. The molecule has 0 radical (unpaired) electrons. The quantitative estimate of drug-likeness (QED) is 0.495. The van der Waals surface area contributed by atoms with E-state index in [4.69, 9.17) is 5.73 Å². The maximum absolute atomic E-state index is 9.28. The molecule has 0 aliphatic carbocycles. The van der Waals surface area contributed by atoms with Crippen molar-refractivity contribution in [2.75, 3.05) is 5.73 Å². The number of nitrogens with two attached hydrogens (primary N) is 1. The van der Waals surface area contributed by atoms with Crippen LogP contribution in [0.2, 0.25) is 0 Å². The van der Waals surface area contributed by atoms with E-state index < -0.39 is 0 Å². The fourth-order valence-corrected chi connectivity index (χ4v) is 1.76. The normalized spacial score (nSPS) is 12.8. The minimum absolute atomic E-state index is 0.230. The third kappa shape index (κ3) is 3.01. The summed E-state index contributed by atoms with van der Waals surface area (Å²) in [5.41, 5.74) is 8.43. The molecule has 0 aliphatic rings. The van der Waals surface area contributed by atoms with E-state index in [1.165, 1.54) is 0 Å². The molecule has 0 saturated heterocycles. The number of hydrogen-bond donors (Lipinski definition) is 2. The lowest BCUT2D eigenvalue weighted by molar-refractivity contribution is 0.431. The minimum atomic E-state index is 0.230. The van der Waals surface area contributed by atoms with Gasteiger partial charge < -0.3 is 10.8 Å². The molecule has 96 valence electrons. The molecule has 0 amide bonds. The molecule has 1 aromatic carbocycles. The van der Waals surface area contributed by atoms with Crippen LogP contribution in [0.4, 0.5) is 5.69 Å². The largest absolute Gasteiger partial charge is 0.508 e. The van der Waals surface area contributed by atoms with Gasteiger partial charge in [0.05, 0.1) is 5.52 Å². The molecule has 1 heterocycles. The maximum atomic E-state index is 9.28. The van der Waals surface area contributed by atoms with Gasteiger partial charge in [-0.2, -0.15) is 0 Å². The van der Waals surface area contributed by atoms with E-state index in [-0.39, 0.29) is 5.76 Å². The molecule has 0 saturated carbocycles. The molecule has 2 rings (SSSR count). The van der Waals surface area contributed by atoms with Gasteiger partial charge >= 0.3 is 0 Å². The number of aliphatic hydroxyl groups is 1. The highest BCUT2D eigenvalue weighted by Gasteiger charge is 2.02. The number of nitrogen functional groups attached to an aromatic ring is 1. The van der Waals surface area contributed by atoms with Gasteiger partial charge in [-0.05, 0) is 31.2 Å². The Kier molecular flexibility index (Phi) is 3.98. The van der Waals surface area contributed by atoms with Crippen molar-refractivity contribution in [1.82, 2.24) is 4.98 Å². The summed E-state index contributed by atoms with van der Waals surface area (Å²) in [5, 5.41) is 10.3. The Morgan fingerprint density at radius 3 is 2.89 bits per heavy atom. The van der Waals surface area contributed by atoms with Crippen LogP contribution in [0.5, 0.6) is 0 Å². The fraction of sp³-hybridized carbons (Fsp3) is 0.0625. The molecule has 19 heavy (non-hydrogen) atoms. The van der Waals surface area contributed by atoms with E-state index in [9.17, 15) is 5.11 Å². The van der Waals surface area contributed by atoms with Crippen molar-refractivity contribution in [2.45, 2.75) is 6.92 Å². The van der Waals surface area contributed by atoms with Crippen LogP contribution in [-0.2, 0) is 0 Å². The molecule has 3 nitrogen and oxygen atoms in total. The first-order chi connectivity index (χ1) is 9.22. The monoisotopic (exact) mass is 252 g/mol. The number of aromatic nitrogens is 1. The first-order valence-corrected chi connectivity index (χ1v) is 6.05. The van der Waals surface area contributed by atoms with Crippen LogP contribution in [0.15, 0.2) is 60.5 Å². The van der Waals surface area contributed by atoms with Gasteiger partial charge in [-0.25, -0.2) is 0 Å². The molecular weight excluding hydrogens is 236 g/mol. The van der Waals surface area contributed by atoms with E-state index in [2.05, 4.69) is 4.98 Å². The lowest BCUT2D eigenvalue weighted by Crippen LogP contribution is -1.91. The second-order valence-corrected chi connectivity index (χ2v) is 4.08. The number of anilines is 1. The van der Waals surface area contributed by atoms with Gasteiger partial charge in [0.1, 0.15) is 5.76 Å². The van der Waals surface area contributed by atoms with Gasteiger partial charge in [-0.3, -0.25) is 4.98 Å². The van der Waals surface area contributed by atoms with Gasteiger partial charge in [0.2, 0.25) is 0 Å². The predicted molar refractivity (Wildman–Crippen MR) is 80.7 cm³/mol. The summed E-state index contributed by atoms with van der Waals surface area (Å²) in [6, 6.07) is 7.73. The number of fused-ring (bicyclic) bond motifs is 1. The first-order valence-electron chi connectivity index (χ1n) is 6.05. The SMILES string of the molecule is C/C=C(O)/C=C\C=C\c1c(N)ccc2cccnc12. The summed E-state index contributed by atoms with van der Waals surface area (Å²) in [4.78, 5) is 4.36. The Hall–Kier alpha value is -2.55. The minimum Gasteiger partial charge on any atom is -0.508 e. The van der Waals surface area contributed by atoms with Gasteiger partial charge in [0, 0.05) is 22.8 Å². The van der Waals surface area contributed by atoms with E-state index in [0.29, 0.717) is 5.69 Å². The van der Waals surface area contributed by atoms with Crippen molar-refractivity contribution in [2.24, 2.45) is 0 Å². The first kappa shape index (κ1) is 12.9. The van der Waals surface area contributed by atoms with E-state index >= 15 is 0 Å². The molecule has 1 aromatic heterocycles. The zero-order valence-corrected chi connectivity index (χ0v) is 10.7. The van der Waals surface area contributed by atoms with Gasteiger partial charge in [-0.1, -0.05) is 30.4 Å². The molecule has 3 N–H and O–H groups in total. The fourth-order valence-electron chi connectivity index (χ4n) is 1.76. The topological polar surface area (TPSA) is 59.1 Å². The van der Waals surface area contributed by atoms with Gasteiger partial charge in [0.15, 0.2) is 0 Å². The number of aliphatic hydroxyl groups excluding tert-OH is 1. The van der Waals surface area contributed by atoms with Crippen LogP contribution < -0.4 is 5.73 Å². The predicted octanol–water partition coefficient (Wildman–Crippen LogP) is 3.85. The third-order valence-corrected chi connectivity index (χ3v) is 2.78. The summed E-state index contributed by atoms with van der Waals surface area (Å²) in [5.74, 6) is 0.230. The van der Waals surface area contributed by atoms with Crippen molar-refractivity contribution >= 4 is 22.7 Å². The Labute approximate surface area is 112 Å². The lowest BCUT2D eigenvalue weighted by Gasteiger charge is -2.04. The number of benzene rings is 1. The number of rotatable bonds is 3. The van der Waals surface area contributed by atoms with Crippen LogP contribution in [0.25, 0.3) is 17.0 Å². The zero-order chi connectivity index (χ0) is 13.7. The Bertz CT molecular complexity index is 670. The lowest BCUT2D eigenvalue weighted by atomic mass is 10.1. The summed E-state index contributed by atoms with van der Waals surface area (Å²) in [7, 11) is 0. The highest BCUT2D eigenvalue weighted by atomic mass is 16.3. The van der Waals surface area contributed by atoms with Crippen molar-refractivity contribution in [3.63, 3.8) is 0 Å². The van der Waals surface area contributed by atoms with Crippen LogP contribution in [0.3, 0.4) is 0 Å². The van der Waals surface area contributed by atoms with Gasteiger partial charge in [-0.15, -0.1) is 0 Å². The second-order valence-electron chi connectivity index (χ2n) is 4.08.